The third-order valence-corrected chi connectivity index (χ3v) is 5.06. The highest BCUT2D eigenvalue weighted by atomic mass is 16.1. The van der Waals surface area contributed by atoms with Crippen molar-refractivity contribution in [3.8, 4) is 11.3 Å². The molecule has 1 aliphatic heterocycles. The molecule has 0 amide bonds. The summed E-state index contributed by atoms with van der Waals surface area (Å²) in [5, 5.41) is 0. The van der Waals surface area contributed by atoms with Gasteiger partial charge in [0.25, 0.3) is 5.56 Å². The Morgan fingerprint density at radius 3 is 2.54 bits per heavy atom. The number of hydrogen-bond donors (Lipinski definition) is 0. The van der Waals surface area contributed by atoms with Gasteiger partial charge in [0.1, 0.15) is 0 Å². The van der Waals surface area contributed by atoms with E-state index >= 15 is 0 Å². The summed E-state index contributed by atoms with van der Waals surface area (Å²) in [4.78, 5) is 24.0. The molecule has 1 aliphatic rings. The van der Waals surface area contributed by atoms with Gasteiger partial charge >= 0.3 is 0 Å². The largest absolute Gasteiger partial charge is 0.352 e. The maximum atomic E-state index is 12.9. The molecule has 0 bridgehead atoms. The van der Waals surface area contributed by atoms with Gasteiger partial charge in [-0.15, -0.1) is 0 Å². The van der Waals surface area contributed by atoms with E-state index in [2.05, 4.69) is 26.6 Å². The number of aromatic nitrogens is 4. The van der Waals surface area contributed by atoms with E-state index in [0.717, 1.165) is 29.9 Å². The fraction of sp³-hybridized carbons (Fsp3) is 0.136. The number of para-hydroxylation sites is 1. The van der Waals surface area contributed by atoms with Gasteiger partial charge in [-0.1, -0.05) is 18.2 Å². The molecule has 3 aromatic heterocycles. The van der Waals surface area contributed by atoms with Crippen molar-refractivity contribution in [1.29, 1.82) is 0 Å². The molecule has 0 aliphatic carbocycles. The summed E-state index contributed by atoms with van der Waals surface area (Å²) in [5.74, 6) is 0.685. The Kier molecular flexibility index (Phi) is 4.01. The van der Waals surface area contributed by atoms with Gasteiger partial charge in [0.15, 0.2) is 0 Å². The Morgan fingerprint density at radius 2 is 1.71 bits per heavy atom. The fourth-order valence-corrected chi connectivity index (χ4v) is 3.66. The Hall–Kier alpha value is -3.67. The van der Waals surface area contributed by atoms with E-state index < -0.39 is 0 Å². The first-order chi connectivity index (χ1) is 13.8. The predicted molar refractivity (Wildman–Crippen MR) is 109 cm³/mol. The first-order valence-electron chi connectivity index (χ1n) is 9.28. The highest BCUT2D eigenvalue weighted by molar-refractivity contribution is 5.67. The van der Waals surface area contributed by atoms with Crippen LogP contribution >= 0.6 is 0 Å². The lowest BCUT2D eigenvalue weighted by Gasteiger charge is -2.33. The molecule has 1 aromatic carbocycles. The molecule has 138 valence electrons. The summed E-state index contributed by atoms with van der Waals surface area (Å²) in [6, 6.07) is 17.6. The van der Waals surface area contributed by atoms with Crippen molar-refractivity contribution in [3.05, 3.63) is 95.3 Å². The van der Waals surface area contributed by atoms with Crippen molar-refractivity contribution >= 4 is 11.6 Å². The van der Waals surface area contributed by atoms with Crippen molar-refractivity contribution in [2.75, 3.05) is 11.4 Å². The molecule has 28 heavy (non-hydrogen) atoms. The SMILES string of the molecule is O=c1cc(-c2ccncc2)nc2n1Cc1ccccc1N2CCn1cccc1. The number of hydrogen-bond acceptors (Lipinski definition) is 4. The molecular weight excluding hydrogens is 350 g/mol. The Labute approximate surface area is 162 Å². The minimum absolute atomic E-state index is 0.0442. The van der Waals surface area contributed by atoms with E-state index in [1.54, 1.807) is 23.0 Å². The maximum Gasteiger partial charge on any atom is 0.255 e. The normalized spacial score (nSPS) is 12.5. The van der Waals surface area contributed by atoms with Gasteiger partial charge in [0.05, 0.1) is 12.2 Å². The van der Waals surface area contributed by atoms with Crippen molar-refractivity contribution in [1.82, 2.24) is 19.1 Å². The van der Waals surface area contributed by atoms with Gasteiger partial charge in [0.2, 0.25) is 5.95 Å². The van der Waals surface area contributed by atoms with Crippen LogP contribution in [-0.4, -0.2) is 25.6 Å². The van der Waals surface area contributed by atoms with Crippen LogP contribution in [0.2, 0.25) is 0 Å². The molecule has 0 saturated carbocycles. The first kappa shape index (κ1) is 16.5. The fourth-order valence-electron chi connectivity index (χ4n) is 3.66. The van der Waals surface area contributed by atoms with Crippen LogP contribution in [0.3, 0.4) is 0 Å². The summed E-state index contributed by atoms with van der Waals surface area (Å²) >= 11 is 0. The molecule has 0 fully saturated rings. The van der Waals surface area contributed by atoms with Crippen LogP contribution in [0, 0.1) is 0 Å². The highest BCUT2D eigenvalue weighted by Crippen LogP contribution is 2.33. The molecule has 0 N–H and O–H groups in total. The van der Waals surface area contributed by atoms with Crippen LogP contribution in [-0.2, 0) is 13.1 Å². The Balaban J connectivity index is 1.62. The van der Waals surface area contributed by atoms with E-state index in [1.807, 2.05) is 48.8 Å². The number of nitrogens with zero attached hydrogens (tertiary/aromatic N) is 5. The molecule has 0 radical (unpaired) electrons. The average Bonchev–Trinajstić information content (AvgIpc) is 3.26. The Morgan fingerprint density at radius 1 is 0.929 bits per heavy atom. The van der Waals surface area contributed by atoms with Crippen LogP contribution in [0.5, 0.6) is 0 Å². The van der Waals surface area contributed by atoms with Gasteiger partial charge in [-0.2, -0.15) is 0 Å². The summed E-state index contributed by atoms with van der Waals surface area (Å²) in [7, 11) is 0. The lowest BCUT2D eigenvalue weighted by atomic mass is 10.1. The monoisotopic (exact) mass is 369 g/mol. The van der Waals surface area contributed by atoms with E-state index in [0.29, 0.717) is 18.2 Å². The van der Waals surface area contributed by atoms with Crippen LogP contribution in [0.1, 0.15) is 5.56 Å². The second-order valence-electron chi connectivity index (χ2n) is 6.80. The smallest absolute Gasteiger partial charge is 0.255 e. The average molecular weight is 369 g/mol. The van der Waals surface area contributed by atoms with Crippen LogP contribution in [0.15, 0.2) is 84.2 Å². The maximum absolute atomic E-state index is 12.9. The number of benzene rings is 1. The first-order valence-corrected chi connectivity index (χ1v) is 9.28. The zero-order valence-corrected chi connectivity index (χ0v) is 15.3. The number of rotatable bonds is 4. The quantitative estimate of drug-likeness (QED) is 0.554. The number of pyridine rings is 1. The van der Waals surface area contributed by atoms with Gasteiger partial charge < -0.3 is 9.47 Å². The number of fused-ring (bicyclic) bond motifs is 2. The van der Waals surface area contributed by atoms with Crippen molar-refractivity contribution in [2.24, 2.45) is 0 Å². The molecule has 4 aromatic rings. The molecule has 4 heterocycles. The molecule has 6 nitrogen and oxygen atoms in total. The molecule has 0 unspecified atom stereocenters. The molecule has 0 saturated heterocycles. The minimum Gasteiger partial charge on any atom is -0.352 e. The second-order valence-corrected chi connectivity index (χ2v) is 6.80. The predicted octanol–water partition coefficient (Wildman–Crippen LogP) is 3.31. The molecule has 5 rings (SSSR count). The summed E-state index contributed by atoms with van der Waals surface area (Å²) in [6.07, 6.45) is 7.52. The van der Waals surface area contributed by atoms with Crippen LogP contribution in [0.25, 0.3) is 11.3 Å². The third-order valence-electron chi connectivity index (χ3n) is 5.06. The summed E-state index contributed by atoms with van der Waals surface area (Å²) in [6.45, 7) is 2.06. The van der Waals surface area contributed by atoms with Crippen molar-refractivity contribution < 1.29 is 0 Å². The molecule has 0 spiro atoms. The van der Waals surface area contributed by atoms with Gasteiger partial charge in [-0.3, -0.25) is 14.3 Å². The van der Waals surface area contributed by atoms with E-state index in [9.17, 15) is 4.79 Å². The van der Waals surface area contributed by atoms with E-state index in [4.69, 9.17) is 4.98 Å². The molecular formula is C22H19N5O. The van der Waals surface area contributed by atoms with E-state index in [-0.39, 0.29) is 5.56 Å². The Bertz CT molecular complexity index is 1170. The van der Waals surface area contributed by atoms with Crippen LogP contribution < -0.4 is 10.5 Å². The molecule has 0 atom stereocenters. The summed E-state index contributed by atoms with van der Waals surface area (Å²) in [5.41, 5.74) is 3.75. The van der Waals surface area contributed by atoms with Crippen LogP contribution in [0.4, 0.5) is 11.6 Å². The standard InChI is InChI=1S/C22H19N5O/c28-21-15-19(17-7-9-23-10-8-17)24-22-26(14-13-25-11-3-4-12-25)20-6-2-1-5-18(20)16-27(21)22/h1-12,15H,13-14,16H2. The summed E-state index contributed by atoms with van der Waals surface area (Å²) < 4.78 is 3.88. The second kappa shape index (κ2) is 6.81. The zero-order valence-electron chi connectivity index (χ0n) is 15.3. The third kappa shape index (κ3) is 2.89. The van der Waals surface area contributed by atoms with Crippen molar-refractivity contribution in [2.45, 2.75) is 13.1 Å². The van der Waals surface area contributed by atoms with E-state index in [1.165, 1.54) is 0 Å². The van der Waals surface area contributed by atoms with Crippen molar-refractivity contribution in [3.63, 3.8) is 0 Å². The lowest BCUT2D eigenvalue weighted by Crippen LogP contribution is -2.36. The van der Waals surface area contributed by atoms with Gasteiger partial charge in [0, 0.05) is 55.2 Å². The topological polar surface area (TPSA) is 56.0 Å². The number of anilines is 2. The molecule has 6 heteroatoms. The van der Waals surface area contributed by atoms with Gasteiger partial charge in [-0.25, -0.2) is 4.98 Å². The zero-order chi connectivity index (χ0) is 18.9. The minimum atomic E-state index is -0.0442. The van der Waals surface area contributed by atoms with Gasteiger partial charge in [-0.05, 0) is 35.9 Å². The highest BCUT2D eigenvalue weighted by Gasteiger charge is 2.25. The lowest BCUT2D eigenvalue weighted by molar-refractivity contribution is 0.642.